The van der Waals surface area contributed by atoms with E-state index in [1.165, 1.54) is 16.7 Å². The minimum atomic E-state index is 0.124. The fourth-order valence-corrected chi connectivity index (χ4v) is 2.13. The quantitative estimate of drug-likeness (QED) is 0.499. The molecule has 0 aromatic heterocycles. The minimum absolute atomic E-state index is 0.124. The van der Waals surface area contributed by atoms with Gasteiger partial charge in [0.25, 0.3) is 0 Å². The third kappa shape index (κ3) is 6.46. The van der Waals surface area contributed by atoms with Crippen LogP contribution in [0.4, 0.5) is 0 Å². The van der Waals surface area contributed by atoms with Gasteiger partial charge in [-0.15, -0.1) is 6.92 Å². The number of hydrogen-bond acceptors (Lipinski definition) is 1. The molecule has 1 atom stereocenters. The number of rotatable bonds is 0. The van der Waals surface area contributed by atoms with Crippen LogP contribution in [-0.2, 0) is 25.4 Å². The van der Waals surface area contributed by atoms with Crippen LogP contribution in [0.15, 0.2) is 41.0 Å². The SMILES string of the molecule is CC(C)(C)c1cccc(O)c1.CC1=[C-]C(C)C(C)=C1C.[CH2]=[Ti+]. The number of benzene rings is 1. The summed E-state index contributed by atoms with van der Waals surface area (Å²) in [7, 11) is 0. The molecule has 0 fully saturated rings. The van der Waals surface area contributed by atoms with Crippen LogP contribution in [0.1, 0.15) is 54.0 Å². The first-order valence-corrected chi connectivity index (χ1v) is 8.66. The molecule has 0 radical (unpaired) electrons. The predicted octanol–water partition coefficient (Wildman–Crippen LogP) is 5.38. The van der Waals surface area contributed by atoms with Gasteiger partial charge < -0.3 is 5.11 Å². The van der Waals surface area contributed by atoms with E-state index in [0.717, 1.165) is 5.56 Å². The van der Waals surface area contributed by atoms with Gasteiger partial charge in [0.15, 0.2) is 0 Å². The van der Waals surface area contributed by atoms with Crippen LogP contribution in [-0.4, -0.2) is 9.92 Å². The summed E-state index contributed by atoms with van der Waals surface area (Å²) in [5, 5.41) is 9.18. The molecule has 0 heterocycles. The Morgan fingerprint density at radius 2 is 1.68 bits per heavy atom. The molecule has 0 saturated heterocycles. The molecule has 22 heavy (non-hydrogen) atoms. The Hall–Kier alpha value is -0.916. The Bertz CT molecular complexity index is 547. The number of phenols is 1. The first-order valence-electron chi connectivity index (χ1n) is 7.55. The summed E-state index contributed by atoms with van der Waals surface area (Å²) in [4.78, 5) is 3.25. The van der Waals surface area contributed by atoms with Crippen LogP contribution in [0.3, 0.4) is 0 Å². The van der Waals surface area contributed by atoms with Crippen LogP contribution < -0.4 is 0 Å². The van der Waals surface area contributed by atoms with Crippen LogP contribution in [0.2, 0.25) is 0 Å². The number of hydrogen-bond donors (Lipinski definition) is 1. The van der Waals surface area contributed by atoms with Gasteiger partial charge in [-0.25, -0.2) is 5.57 Å². The third-order valence-corrected chi connectivity index (χ3v) is 3.95. The van der Waals surface area contributed by atoms with Crippen molar-refractivity contribution in [2.75, 3.05) is 0 Å². The molecule has 1 aliphatic carbocycles. The van der Waals surface area contributed by atoms with Gasteiger partial charge in [0.1, 0.15) is 5.75 Å². The molecule has 1 aliphatic rings. The Balaban J connectivity index is 0.000000366. The van der Waals surface area contributed by atoms with E-state index in [4.69, 9.17) is 0 Å². The van der Waals surface area contributed by atoms with Gasteiger partial charge in [0.2, 0.25) is 0 Å². The van der Waals surface area contributed by atoms with Gasteiger partial charge in [-0.2, -0.15) is 11.1 Å². The summed E-state index contributed by atoms with van der Waals surface area (Å²) in [5.41, 5.74) is 5.53. The zero-order chi connectivity index (χ0) is 17.5. The van der Waals surface area contributed by atoms with Crippen LogP contribution in [0.25, 0.3) is 0 Å². The standard InChI is InChI=1S/C10H14O.C9H13.CH2.Ti/c1-10(2,3)8-5-4-6-9(11)7-8;1-6-5-7(2)9(4)8(6)3;;/h4-7,11H,1-3H3;6H,1-4H3;1H2;/q;-1;;+1. The third-order valence-electron chi connectivity index (χ3n) is 3.95. The van der Waals surface area contributed by atoms with Crippen molar-refractivity contribution in [2.45, 2.75) is 53.9 Å². The van der Waals surface area contributed by atoms with E-state index >= 15 is 0 Å². The predicted molar refractivity (Wildman–Crippen MR) is 93.9 cm³/mol. The molecule has 0 amide bonds. The van der Waals surface area contributed by atoms with Gasteiger partial charge in [0.05, 0.1) is 0 Å². The topological polar surface area (TPSA) is 20.2 Å². The van der Waals surface area contributed by atoms with E-state index < -0.39 is 0 Å². The molecule has 2 rings (SSSR count). The molecule has 0 bridgehead atoms. The molecule has 1 nitrogen and oxygen atoms in total. The normalized spacial score (nSPS) is 17.1. The van der Waals surface area contributed by atoms with Gasteiger partial charge in [-0.05, 0) is 23.1 Å². The van der Waals surface area contributed by atoms with Crippen molar-refractivity contribution in [3.8, 4) is 5.75 Å². The average Bonchev–Trinajstić information content (AvgIpc) is 2.67. The number of allylic oxidation sites excluding steroid dienone is 4. The average molecular weight is 333 g/mol. The molecule has 1 N–H and O–H groups in total. The maximum absolute atomic E-state index is 9.18. The molecule has 1 unspecified atom stereocenters. The number of phenolic OH excluding ortho intramolecular Hbond substituents is 1. The van der Waals surface area contributed by atoms with Gasteiger partial charge in [0, 0.05) is 0 Å². The molecular formula is C20H29OTi. The Kier molecular flexibility index (Phi) is 8.89. The maximum atomic E-state index is 9.18. The summed E-state index contributed by atoms with van der Waals surface area (Å²) in [6, 6.07) is 7.39. The van der Waals surface area contributed by atoms with E-state index in [9.17, 15) is 5.11 Å². The summed E-state index contributed by atoms with van der Waals surface area (Å²) in [6.07, 6.45) is 3.36. The van der Waals surface area contributed by atoms with Gasteiger partial charge in [-0.1, -0.05) is 59.6 Å². The molecule has 0 spiro atoms. The summed E-state index contributed by atoms with van der Waals surface area (Å²) in [5.74, 6) is 0.905. The fraction of sp³-hybridized carbons (Fsp3) is 0.450. The van der Waals surface area contributed by atoms with Crippen molar-refractivity contribution >= 4 is 4.82 Å². The molecule has 2 heteroatoms. The Morgan fingerprint density at radius 3 is 1.91 bits per heavy atom. The van der Waals surface area contributed by atoms with Crippen molar-refractivity contribution in [3.05, 3.63) is 52.6 Å². The fourth-order valence-electron chi connectivity index (χ4n) is 2.13. The van der Waals surface area contributed by atoms with E-state index in [2.05, 4.69) is 59.4 Å². The molecule has 119 valence electrons. The van der Waals surface area contributed by atoms with Crippen molar-refractivity contribution in [1.82, 2.24) is 0 Å². The van der Waals surface area contributed by atoms with E-state index in [-0.39, 0.29) is 5.41 Å². The van der Waals surface area contributed by atoms with Crippen molar-refractivity contribution in [3.63, 3.8) is 0 Å². The molecule has 1 aromatic carbocycles. The van der Waals surface area contributed by atoms with E-state index in [0.29, 0.717) is 11.7 Å². The van der Waals surface area contributed by atoms with E-state index in [1.807, 2.05) is 12.1 Å². The van der Waals surface area contributed by atoms with Crippen LogP contribution >= 0.6 is 0 Å². The van der Waals surface area contributed by atoms with Crippen molar-refractivity contribution in [1.29, 1.82) is 0 Å². The first kappa shape index (κ1) is 21.1. The zero-order valence-electron chi connectivity index (χ0n) is 15.0. The second kappa shape index (κ2) is 9.27. The molecule has 1 aromatic rings. The van der Waals surface area contributed by atoms with Gasteiger partial charge in [-0.3, -0.25) is 6.08 Å². The van der Waals surface area contributed by atoms with Gasteiger partial charge >= 0.3 is 24.8 Å². The monoisotopic (exact) mass is 333 g/mol. The molecular weight excluding hydrogens is 304 g/mol. The summed E-state index contributed by atoms with van der Waals surface area (Å²) in [6.45, 7) is 15.0. The van der Waals surface area contributed by atoms with Crippen LogP contribution in [0.5, 0.6) is 5.75 Å². The second-order valence-corrected chi connectivity index (χ2v) is 6.60. The summed E-state index contributed by atoms with van der Waals surface area (Å²) >= 11 is 1.75. The van der Waals surface area contributed by atoms with Crippen molar-refractivity contribution in [2.24, 2.45) is 5.92 Å². The molecule has 0 aliphatic heterocycles. The van der Waals surface area contributed by atoms with E-state index in [1.54, 1.807) is 32.1 Å². The second-order valence-electron chi connectivity index (χ2n) is 6.60. The Labute approximate surface area is 148 Å². The number of aromatic hydroxyl groups is 1. The Morgan fingerprint density at radius 1 is 1.14 bits per heavy atom. The van der Waals surface area contributed by atoms with Crippen molar-refractivity contribution < 1.29 is 25.1 Å². The molecule has 0 saturated carbocycles. The van der Waals surface area contributed by atoms with Crippen LogP contribution in [0, 0.1) is 12.0 Å². The first-order chi connectivity index (χ1) is 10.1. The zero-order valence-corrected chi connectivity index (χ0v) is 16.6. The summed E-state index contributed by atoms with van der Waals surface area (Å²) < 4.78 is 0.